The minimum absolute atomic E-state index is 0.0549. The molecule has 0 spiro atoms. The number of likely N-dealkylation sites (tertiary alicyclic amines) is 1. The zero-order valence-electron chi connectivity index (χ0n) is 28.6. The highest BCUT2D eigenvalue weighted by atomic mass is 28.4. The highest BCUT2D eigenvalue weighted by Gasteiger charge is 2.50. The predicted octanol–water partition coefficient (Wildman–Crippen LogP) is 5.91. The van der Waals surface area contributed by atoms with E-state index >= 15 is 0 Å². The molecule has 4 rings (SSSR count). The zero-order valence-corrected chi connectivity index (χ0v) is 29.6. The van der Waals surface area contributed by atoms with Crippen LogP contribution in [0.15, 0.2) is 78.9 Å². The Kier molecular flexibility index (Phi) is 11.2. The summed E-state index contributed by atoms with van der Waals surface area (Å²) < 4.78 is 23.8. The van der Waals surface area contributed by atoms with Gasteiger partial charge < -0.3 is 28.9 Å². The number of carbonyl (C=O) groups is 2. The van der Waals surface area contributed by atoms with Crippen molar-refractivity contribution in [3.63, 3.8) is 0 Å². The van der Waals surface area contributed by atoms with E-state index in [-0.39, 0.29) is 23.5 Å². The maximum Gasteiger partial charge on any atom is 0.407 e. The predicted molar refractivity (Wildman–Crippen MR) is 184 cm³/mol. The first-order chi connectivity index (χ1) is 21.8. The number of ether oxygens (including phenoxy) is 3. The first kappa shape index (κ1) is 35.0. The summed E-state index contributed by atoms with van der Waals surface area (Å²) in [7, 11) is 0.353. The average molecular weight is 647 g/mol. The Morgan fingerprint density at radius 3 is 2.04 bits per heavy atom. The molecule has 1 fully saturated rings. The third-order valence-corrected chi connectivity index (χ3v) is 13.5. The van der Waals surface area contributed by atoms with Gasteiger partial charge in [-0.3, -0.25) is 4.79 Å². The molecule has 1 heterocycles. The monoisotopic (exact) mass is 646 g/mol. The molecule has 3 aromatic rings. The van der Waals surface area contributed by atoms with Crippen molar-refractivity contribution < 1.29 is 28.2 Å². The Hall–Kier alpha value is -3.82. The lowest BCUT2D eigenvalue weighted by Crippen LogP contribution is -2.67. The van der Waals surface area contributed by atoms with E-state index in [0.29, 0.717) is 37.4 Å². The normalized spacial score (nSPS) is 16.2. The van der Waals surface area contributed by atoms with E-state index in [4.69, 9.17) is 18.6 Å². The standard InChI is InChI=1S/C37H50N2O6Si/c1-36(2,3)45-35(41)38-29(23-27-21-22-39(34(27)40)25-28-19-20-30(42-7)24-33(28)43-8)26-44-46(37(4,5)6,31-15-11-9-12-16-31)32-17-13-10-14-18-32/h9-20,24,27,29H,21-23,25-26H2,1-8H3,(H,38,41)/t27-,29-/m0/s1. The Morgan fingerprint density at radius 2 is 1.52 bits per heavy atom. The van der Waals surface area contributed by atoms with Crippen LogP contribution in [0.4, 0.5) is 4.79 Å². The summed E-state index contributed by atoms with van der Waals surface area (Å²) in [6.07, 6.45) is 0.601. The van der Waals surface area contributed by atoms with Gasteiger partial charge in [-0.15, -0.1) is 0 Å². The zero-order chi connectivity index (χ0) is 33.5. The molecule has 8 nitrogen and oxygen atoms in total. The Balaban J connectivity index is 1.60. The van der Waals surface area contributed by atoms with Crippen LogP contribution < -0.4 is 25.2 Å². The molecule has 46 heavy (non-hydrogen) atoms. The molecule has 9 heteroatoms. The fourth-order valence-electron chi connectivity index (χ4n) is 6.34. The molecule has 248 valence electrons. The second-order valence-electron chi connectivity index (χ2n) is 14.0. The van der Waals surface area contributed by atoms with Gasteiger partial charge in [0.1, 0.15) is 17.1 Å². The molecule has 2 atom stereocenters. The van der Waals surface area contributed by atoms with Crippen LogP contribution in [0.3, 0.4) is 0 Å². The summed E-state index contributed by atoms with van der Waals surface area (Å²) in [4.78, 5) is 28.8. The van der Waals surface area contributed by atoms with E-state index in [1.165, 1.54) is 0 Å². The van der Waals surface area contributed by atoms with Crippen LogP contribution in [0.1, 0.15) is 59.9 Å². The number of carbonyl (C=O) groups excluding carboxylic acids is 2. The van der Waals surface area contributed by atoms with Crippen molar-refractivity contribution in [1.82, 2.24) is 10.2 Å². The van der Waals surface area contributed by atoms with Gasteiger partial charge in [-0.05, 0) is 61.2 Å². The molecule has 2 amide bonds. The smallest absolute Gasteiger partial charge is 0.407 e. The fourth-order valence-corrected chi connectivity index (χ4v) is 10.9. The number of hydrogen-bond acceptors (Lipinski definition) is 6. The van der Waals surface area contributed by atoms with Crippen LogP contribution in [0.25, 0.3) is 0 Å². The number of rotatable bonds is 12. The van der Waals surface area contributed by atoms with Gasteiger partial charge in [0, 0.05) is 30.6 Å². The lowest BCUT2D eigenvalue weighted by atomic mass is 9.99. The van der Waals surface area contributed by atoms with Gasteiger partial charge in [-0.25, -0.2) is 4.79 Å². The maximum absolute atomic E-state index is 13.8. The molecular formula is C37H50N2O6Si. The number of benzene rings is 3. The van der Waals surface area contributed by atoms with Gasteiger partial charge in [0.2, 0.25) is 5.91 Å². The van der Waals surface area contributed by atoms with E-state index in [2.05, 4.69) is 74.6 Å². The van der Waals surface area contributed by atoms with Crippen molar-refractivity contribution in [2.45, 2.75) is 77.6 Å². The van der Waals surface area contributed by atoms with Crippen LogP contribution in [0.2, 0.25) is 5.04 Å². The Bertz CT molecular complexity index is 1410. The van der Waals surface area contributed by atoms with Crippen molar-refractivity contribution >= 4 is 30.7 Å². The largest absolute Gasteiger partial charge is 0.497 e. The molecule has 0 bridgehead atoms. The summed E-state index contributed by atoms with van der Waals surface area (Å²) in [5.41, 5.74) is 0.251. The SMILES string of the molecule is COc1ccc(CN2CC[C@@H](C[C@@H](CO[Si](c3ccccc3)(c3ccccc3)C(C)(C)C)NC(=O)OC(C)(C)C)C2=O)c(OC)c1. The molecule has 1 aliphatic rings. The van der Waals surface area contributed by atoms with Crippen LogP contribution >= 0.6 is 0 Å². The van der Waals surface area contributed by atoms with Crippen molar-refractivity contribution in [3.05, 3.63) is 84.4 Å². The topological polar surface area (TPSA) is 86.3 Å². The minimum Gasteiger partial charge on any atom is -0.497 e. The molecule has 0 unspecified atom stereocenters. The van der Waals surface area contributed by atoms with Gasteiger partial charge in [0.15, 0.2) is 0 Å². The second kappa shape index (κ2) is 14.7. The molecular weight excluding hydrogens is 597 g/mol. The highest BCUT2D eigenvalue weighted by Crippen LogP contribution is 2.37. The van der Waals surface area contributed by atoms with Crippen molar-refractivity contribution in [1.29, 1.82) is 0 Å². The summed E-state index contributed by atoms with van der Waals surface area (Å²) in [6, 6.07) is 26.0. The highest BCUT2D eigenvalue weighted by molar-refractivity contribution is 6.99. The molecule has 0 aromatic heterocycles. The van der Waals surface area contributed by atoms with Gasteiger partial charge >= 0.3 is 6.09 Å². The van der Waals surface area contributed by atoms with Crippen molar-refractivity contribution in [3.8, 4) is 11.5 Å². The quantitative estimate of drug-likeness (QED) is 0.246. The van der Waals surface area contributed by atoms with Gasteiger partial charge in [0.05, 0.1) is 26.9 Å². The number of amides is 2. The number of nitrogens with one attached hydrogen (secondary N) is 1. The van der Waals surface area contributed by atoms with Crippen molar-refractivity contribution in [2.75, 3.05) is 27.4 Å². The van der Waals surface area contributed by atoms with Crippen molar-refractivity contribution in [2.24, 2.45) is 5.92 Å². The number of nitrogens with zero attached hydrogens (tertiary/aromatic N) is 1. The second-order valence-corrected chi connectivity index (χ2v) is 18.3. The molecule has 0 radical (unpaired) electrons. The Morgan fingerprint density at radius 1 is 0.913 bits per heavy atom. The van der Waals surface area contributed by atoms with Crippen LogP contribution in [-0.2, 0) is 20.5 Å². The number of hydrogen-bond donors (Lipinski definition) is 1. The summed E-state index contributed by atoms with van der Waals surface area (Å²) in [5.74, 6) is 1.16. The maximum atomic E-state index is 13.8. The molecule has 0 saturated carbocycles. The summed E-state index contributed by atoms with van der Waals surface area (Å²) in [6.45, 7) is 13.5. The summed E-state index contributed by atoms with van der Waals surface area (Å²) in [5, 5.41) is 5.15. The van der Waals surface area contributed by atoms with Crippen LogP contribution in [-0.4, -0.2) is 64.2 Å². The molecule has 1 aliphatic heterocycles. The lowest BCUT2D eigenvalue weighted by molar-refractivity contribution is -0.131. The van der Waals surface area contributed by atoms with E-state index in [0.717, 1.165) is 15.9 Å². The van der Waals surface area contributed by atoms with Gasteiger partial charge in [-0.1, -0.05) is 81.4 Å². The van der Waals surface area contributed by atoms with E-state index in [1.807, 2.05) is 56.0 Å². The third kappa shape index (κ3) is 8.30. The van der Waals surface area contributed by atoms with E-state index in [1.54, 1.807) is 14.2 Å². The van der Waals surface area contributed by atoms with Crippen LogP contribution in [0.5, 0.6) is 11.5 Å². The molecule has 1 N–H and O–H groups in total. The first-order valence-corrected chi connectivity index (χ1v) is 17.9. The van der Waals surface area contributed by atoms with E-state index in [9.17, 15) is 9.59 Å². The van der Waals surface area contributed by atoms with E-state index < -0.39 is 26.1 Å². The average Bonchev–Trinajstić information content (AvgIpc) is 3.34. The molecule has 3 aromatic carbocycles. The first-order valence-electron chi connectivity index (χ1n) is 16.0. The molecule has 1 saturated heterocycles. The lowest BCUT2D eigenvalue weighted by Gasteiger charge is -2.43. The number of methoxy groups -OCH3 is 2. The minimum atomic E-state index is -2.88. The van der Waals surface area contributed by atoms with Gasteiger partial charge in [-0.2, -0.15) is 0 Å². The molecule has 0 aliphatic carbocycles. The van der Waals surface area contributed by atoms with Gasteiger partial charge in [0.25, 0.3) is 8.32 Å². The Labute approximate surface area is 275 Å². The number of alkyl carbamates (subject to hydrolysis) is 1. The fraction of sp³-hybridized carbons (Fsp3) is 0.459. The third-order valence-electron chi connectivity index (χ3n) is 8.47. The summed E-state index contributed by atoms with van der Waals surface area (Å²) >= 11 is 0. The van der Waals surface area contributed by atoms with Crippen LogP contribution in [0, 0.1) is 5.92 Å².